The van der Waals surface area contributed by atoms with Gasteiger partial charge in [0.05, 0.1) is 12.0 Å². The highest BCUT2D eigenvalue weighted by atomic mass is 16.5. The Bertz CT molecular complexity index is 513. The summed E-state index contributed by atoms with van der Waals surface area (Å²) in [7, 11) is 0. The molecule has 1 N–H and O–H groups in total. The van der Waals surface area contributed by atoms with Crippen LogP contribution in [-0.2, 0) is 9.53 Å². The number of rotatable bonds is 4. The highest BCUT2D eigenvalue weighted by Gasteiger charge is 2.39. The highest BCUT2D eigenvalue weighted by Crippen LogP contribution is 2.32. The molecule has 1 atom stereocenters. The van der Waals surface area contributed by atoms with E-state index in [0.29, 0.717) is 19.5 Å². The van der Waals surface area contributed by atoms with Gasteiger partial charge in [0.25, 0.3) is 6.01 Å². The van der Waals surface area contributed by atoms with Crippen LogP contribution < -0.4 is 4.90 Å². The first-order chi connectivity index (χ1) is 9.46. The zero-order valence-electron chi connectivity index (χ0n) is 11.6. The van der Waals surface area contributed by atoms with Crippen LogP contribution in [0.5, 0.6) is 0 Å². The van der Waals surface area contributed by atoms with Gasteiger partial charge in [0, 0.05) is 13.1 Å². The summed E-state index contributed by atoms with van der Waals surface area (Å²) in [5.41, 5.74) is -0.721. The number of anilines is 1. The molecular formula is C13H18N2O5. The van der Waals surface area contributed by atoms with Gasteiger partial charge in [-0.05, 0) is 26.7 Å². The van der Waals surface area contributed by atoms with Gasteiger partial charge in [0.2, 0.25) is 0 Å². The zero-order valence-corrected chi connectivity index (χ0v) is 11.6. The summed E-state index contributed by atoms with van der Waals surface area (Å²) in [5.74, 6) is -1.38. The molecule has 1 aromatic rings. The van der Waals surface area contributed by atoms with E-state index in [2.05, 4.69) is 4.98 Å². The second kappa shape index (κ2) is 5.52. The molecular weight excluding hydrogens is 264 g/mol. The monoisotopic (exact) mass is 282 g/mol. The van der Waals surface area contributed by atoms with Crippen LogP contribution in [0.4, 0.5) is 6.01 Å². The van der Waals surface area contributed by atoms with E-state index in [0.717, 1.165) is 6.42 Å². The SMILES string of the molecule is CCOC(=O)c1coc(N2CCCC(C)(C(=O)O)C2)n1. The van der Waals surface area contributed by atoms with Crippen LogP contribution in [0, 0.1) is 5.41 Å². The van der Waals surface area contributed by atoms with Gasteiger partial charge in [-0.15, -0.1) is 0 Å². The molecule has 110 valence electrons. The zero-order chi connectivity index (χ0) is 14.8. The number of hydrogen-bond donors (Lipinski definition) is 1. The van der Waals surface area contributed by atoms with E-state index < -0.39 is 17.4 Å². The number of carbonyl (C=O) groups is 2. The third-order valence-corrected chi connectivity index (χ3v) is 3.46. The topological polar surface area (TPSA) is 92.9 Å². The van der Waals surface area contributed by atoms with Gasteiger partial charge >= 0.3 is 11.9 Å². The van der Waals surface area contributed by atoms with E-state index >= 15 is 0 Å². The molecule has 1 aliphatic heterocycles. The highest BCUT2D eigenvalue weighted by molar-refractivity contribution is 5.87. The van der Waals surface area contributed by atoms with Crippen molar-refractivity contribution in [3.05, 3.63) is 12.0 Å². The van der Waals surface area contributed by atoms with Crippen LogP contribution in [-0.4, -0.2) is 41.7 Å². The average molecular weight is 282 g/mol. The van der Waals surface area contributed by atoms with Crippen molar-refractivity contribution in [2.45, 2.75) is 26.7 Å². The van der Waals surface area contributed by atoms with E-state index in [1.54, 1.807) is 18.7 Å². The van der Waals surface area contributed by atoms with E-state index in [1.165, 1.54) is 6.26 Å². The molecule has 0 spiro atoms. The van der Waals surface area contributed by atoms with E-state index in [4.69, 9.17) is 9.15 Å². The first-order valence-corrected chi connectivity index (χ1v) is 6.57. The predicted molar refractivity (Wildman–Crippen MR) is 69.6 cm³/mol. The van der Waals surface area contributed by atoms with Crippen LogP contribution in [0.15, 0.2) is 10.7 Å². The second-order valence-electron chi connectivity index (χ2n) is 5.13. The first kappa shape index (κ1) is 14.4. The minimum Gasteiger partial charge on any atom is -0.481 e. The normalized spacial score (nSPS) is 22.6. The lowest BCUT2D eigenvalue weighted by molar-refractivity contribution is -0.148. The average Bonchev–Trinajstić information content (AvgIpc) is 2.88. The molecule has 20 heavy (non-hydrogen) atoms. The fraction of sp³-hybridized carbons (Fsp3) is 0.615. The van der Waals surface area contributed by atoms with Gasteiger partial charge in [-0.1, -0.05) is 0 Å². The van der Waals surface area contributed by atoms with Gasteiger partial charge in [0.1, 0.15) is 6.26 Å². The van der Waals surface area contributed by atoms with Crippen LogP contribution in [0.25, 0.3) is 0 Å². The molecule has 0 aliphatic carbocycles. The van der Waals surface area contributed by atoms with Crippen molar-refractivity contribution in [2.24, 2.45) is 5.41 Å². The number of hydrogen-bond acceptors (Lipinski definition) is 6. The molecule has 2 rings (SSSR count). The number of oxazole rings is 1. The Kier molecular flexibility index (Phi) is 3.96. The van der Waals surface area contributed by atoms with Crippen molar-refractivity contribution in [1.82, 2.24) is 4.98 Å². The van der Waals surface area contributed by atoms with Crippen molar-refractivity contribution in [2.75, 3.05) is 24.6 Å². The Morgan fingerprint density at radius 1 is 1.60 bits per heavy atom. The number of aromatic nitrogens is 1. The molecule has 0 radical (unpaired) electrons. The third-order valence-electron chi connectivity index (χ3n) is 3.46. The molecule has 7 nitrogen and oxygen atoms in total. The summed E-state index contributed by atoms with van der Waals surface area (Å²) in [6.45, 7) is 4.65. The molecule has 7 heteroatoms. The molecule has 0 bridgehead atoms. The van der Waals surface area contributed by atoms with Crippen LogP contribution in [0.1, 0.15) is 37.2 Å². The number of esters is 1. The number of aliphatic carboxylic acids is 1. The van der Waals surface area contributed by atoms with Crippen molar-refractivity contribution in [1.29, 1.82) is 0 Å². The Balaban J connectivity index is 2.12. The van der Waals surface area contributed by atoms with Gasteiger partial charge in [-0.2, -0.15) is 4.98 Å². The molecule has 1 aliphatic rings. The maximum Gasteiger partial charge on any atom is 0.360 e. The maximum atomic E-state index is 11.5. The molecule has 1 aromatic heterocycles. The Morgan fingerprint density at radius 3 is 3.00 bits per heavy atom. The van der Waals surface area contributed by atoms with Crippen LogP contribution in [0.2, 0.25) is 0 Å². The van der Waals surface area contributed by atoms with Gasteiger partial charge in [-0.3, -0.25) is 4.79 Å². The summed E-state index contributed by atoms with van der Waals surface area (Å²) < 4.78 is 10.1. The number of piperidine rings is 1. The lowest BCUT2D eigenvalue weighted by Gasteiger charge is -2.36. The molecule has 1 unspecified atom stereocenters. The number of carboxylic acid groups (broad SMARTS) is 1. The molecule has 0 aromatic carbocycles. The largest absolute Gasteiger partial charge is 0.481 e. The molecule has 1 fully saturated rings. The quantitative estimate of drug-likeness (QED) is 0.837. The lowest BCUT2D eigenvalue weighted by Crippen LogP contribution is -2.46. The second-order valence-corrected chi connectivity index (χ2v) is 5.13. The maximum absolute atomic E-state index is 11.5. The smallest absolute Gasteiger partial charge is 0.360 e. The molecule has 0 amide bonds. The van der Waals surface area contributed by atoms with Crippen molar-refractivity contribution in [3.63, 3.8) is 0 Å². The standard InChI is InChI=1S/C13H18N2O5/c1-3-19-10(16)9-7-20-12(14-9)15-6-4-5-13(2,8-15)11(17)18/h7H,3-6,8H2,1-2H3,(H,17,18). The number of carbonyl (C=O) groups excluding carboxylic acids is 1. The van der Waals surface area contributed by atoms with Crippen molar-refractivity contribution >= 4 is 18.0 Å². The molecule has 1 saturated heterocycles. The minimum absolute atomic E-state index is 0.101. The van der Waals surface area contributed by atoms with Gasteiger partial charge in [0.15, 0.2) is 5.69 Å². The van der Waals surface area contributed by atoms with Crippen molar-refractivity contribution in [3.8, 4) is 0 Å². The number of nitrogens with zero attached hydrogens (tertiary/aromatic N) is 2. The summed E-state index contributed by atoms with van der Waals surface area (Å²) in [6.07, 6.45) is 2.59. The predicted octanol–water partition coefficient (Wildman–Crippen LogP) is 1.54. The summed E-state index contributed by atoms with van der Waals surface area (Å²) >= 11 is 0. The van der Waals surface area contributed by atoms with Crippen LogP contribution >= 0.6 is 0 Å². The number of carboxylic acids is 1. The third kappa shape index (κ3) is 2.76. The Morgan fingerprint density at radius 2 is 2.35 bits per heavy atom. The van der Waals surface area contributed by atoms with Gasteiger partial charge < -0.3 is 19.2 Å². The van der Waals surface area contributed by atoms with E-state index in [-0.39, 0.29) is 18.3 Å². The van der Waals surface area contributed by atoms with Gasteiger partial charge in [-0.25, -0.2) is 4.79 Å². The van der Waals surface area contributed by atoms with Crippen LogP contribution in [0.3, 0.4) is 0 Å². The van der Waals surface area contributed by atoms with E-state index in [9.17, 15) is 14.7 Å². The fourth-order valence-corrected chi connectivity index (χ4v) is 2.29. The first-order valence-electron chi connectivity index (χ1n) is 6.57. The van der Waals surface area contributed by atoms with E-state index in [1.807, 2.05) is 0 Å². The Hall–Kier alpha value is -2.05. The summed E-state index contributed by atoms with van der Waals surface area (Å²) in [5, 5.41) is 9.27. The van der Waals surface area contributed by atoms with Crippen molar-refractivity contribution < 1.29 is 23.8 Å². The number of ether oxygens (including phenoxy) is 1. The summed E-state index contributed by atoms with van der Waals surface area (Å²) in [4.78, 5) is 28.6. The molecule has 0 saturated carbocycles. The fourth-order valence-electron chi connectivity index (χ4n) is 2.29. The minimum atomic E-state index is -0.834. The Labute approximate surface area is 116 Å². The lowest BCUT2D eigenvalue weighted by atomic mass is 9.82. The molecule has 2 heterocycles. The summed E-state index contributed by atoms with van der Waals surface area (Å²) in [6, 6.07) is 0.264.